The van der Waals surface area contributed by atoms with E-state index in [0.29, 0.717) is 24.0 Å². The van der Waals surface area contributed by atoms with Crippen molar-refractivity contribution < 1.29 is 32.7 Å². The number of carbonyl (C=O) groups excluding carboxylic acids is 3. The van der Waals surface area contributed by atoms with Crippen LogP contribution in [0.25, 0.3) is 10.8 Å². The normalized spacial score (nSPS) is 15.1. The average molecular weight is 599 g/mol. The van der Waals surface area contributed by atoms with Crippen molar-refractivity contribution >= 4 is 61.9 Å². The number of hydrogen-bond acceptors (Lipinski definition) is 7. The molecule has 0 aliphatic carbocycles. The third-order valence-corrected chi connectivity index (χ3v) is 8.80. The van der Waals surface area contributed by atoms with Gasteiger partial charge >= 0.3 is 5.97 Å². The number of amides is 3. The lowest BCUT2D eigenvalue weighted by Crippen LogP contribution is -2.52. The van der Waals surface area contributed by atoms with Crippen LogP contribution in [0.15, 0.2) is 65.6 Å². The van der Waals surface area contributed by atoms with E-state index in [9.17, 15) is 32.7 Å². The first-order chi connectivity index (χ1) is 19.5. The van der Waals surface area contributed by atoms with Gasteiger partial charge < -0.3 is 26.4 Å². The zero-order valence-corrected chi connectivity index (χ0v) is 23.7. The number of hydrogen-bond donors (Lipinski definition) is 5. The highest BCUT2D eigenvalue weighted by Gasteiger charge is 2.33. The van der Waals surface area contributed by atoms with E-state index in [4.69, 9.17) is 5.73 Å². The number of carboxylic acid groups (broad SMARTS) is 1. The second-order valence-electron chi connectivity index (χ2n) is 9.74. The first-order valence-electron chi connectivity index (χ1n) is 12.9. The summed E-state index contributed by atoms with van der Waals surface area (Å²) in [5.41, 5.74) is 6.54. The van der Waals surface area contributed by atoms with E-state index in [1.807, 2.05) is 0 Å². The Balaban J connectivity index is 1.53. The largest absolute Gasteiger partial charge is 0.480 e. The highest BCUT2D eigenvalue weighted by Crippen LogP contribution is 2.24. The van der Waals surface area contributed by atoms with E-state index in [2.05, 4.69) is 23.3 Å². The molecule has 3 aromatic carbocycles. The van der Waals surface area contributed by atoms with Gasteiger partial charge in [-0.05, 0) is 59.9 Å². The Kier molecular flexibility index (Phi) is 9.31. The monoisotopic (exact) mass is 598 g/mol. The zero-order valence-electron chi connectivity index (χ0n) is 21.9. The number of nitrogens with two attached hydrogens (primary N) is 1. The minimum atomic E-state index is -4.35. The summed E-state index contributed by atoms with van der Waals surface area (Å²) in [6.45, 7) is 1.18. The Morgan fingerprint density at radius 3 is 2.29 bits per heavy atom. The van der Waals surface area contributed by atoms with E-state index in [1.54, 1.807) is 35.2 Å². The van der Waals surface area contributed by atoms with Crippen LogP contribution in [-0.2, 0) is 25.8 Å². The summed E-state index contributed by atoms with van der Waals surface area (Å²) < 4.78 is 26.2. The summed E-state index contributed by atoms with van der Waals surface area (Å²) in [5, 5.41) is 13.1. The van der Waals surface area contributed by atoms with Crippen molar-refractivity contribution in [1.82, 2.24) is 10.2 Å². The number of nitrogens with one attached hydrogen (secondary N) is 2. The highest BCUT2D eigenvalue weighted by atomic mass is 32.2. The van der Waals surface area contributed by atoms with Gasteiger partial charge in [0, 0.05) is 19.5 Å². The summed E-state index contributed by atoms with van der Waals surface area (Å²) >= 11 is 3.74. The van der Waals surface area contributed by atoms with E-state index in [-0.39, 0.29) is 28.5 Å². The number of rotatable bonds is 9. The molecule has 0 bridgehead atoms. The van der Waals surface area contributed by atoms with Crippen molar-refractivity contribution in [1.29, 1.82) is 0 Å². The van der Waals surface area contributed by atoms with Crippen molar-refractivity contribution in [2.75, 3.05) is 18.4 Å². The van der Waals surface area contributed by atoms with Crippen molar-refractivity contribution in [3.8, 4) is 0 Å². The first-order valence-corrected chi connectivity index (χ1v) is 14.9. The summed E-state index contributed by atoms with van der Waals surface area (Å²) in [5.74, 6) is -2.89. The maximum Gasteiger partial charge on any atom is 0.326 e. The molecular formula is C28H30N4O7S2. The van der Waals surface area contributed by atoms with Crippen LogP contribution in [0.4, 0.5) is 10.5 Å². The standard InChI is InChI=1S/C28H30N4O7S2/c29-24(41(38,39)20-10-9-18-6-2-3-7-19(18)16-20)25(33)30-23(27(35)36)15-17-8-11-21(22(14-17)31-28(37)40)26(34)32-12-4-1-5-13-32/h2-3,6-11,14,16,23-24H,1,4-5,12-13,15,29H2,(H,30,33)(H,35,36)(H2,31,37,40)/t23-,24?/m0/s1. The minimum Gasteiger partial charge on any atom is -0.480 e. The molecule has 0 spiro atoms. The van der Waals surface area contributed by atoms with Gasteiger partial charge in [-0.15, -0.1) is 0 Å². The highest BCUT2D eigenvalue weighted by molar-refractivity contribution is 7.96. The summed E-state index contributed by atoms with van der Waals surface area (Å²) in [7, 11) is -4.35. The maximum absolute atomic E-state index is 13.1. The SMILES string of the molecule is NC(C(=O)N[C@@H](Cc1ccc(C(=O)N2CCCCC2)c(NC(=O)S)c1)C(=O)O)S(=O)(=O)c1ccc2ccccc2c1. The summed E-state index contributed by atoms with van der Waals surface area (Å²) in [6.07, 6.45) is 2.49. The number of carboxylic acids is 1. The molecule has 0 aromatic heterocycles. The van der Waals surface area contributed by atoms with Gasteiger partial charge in [0.2, 0.25) is 9.84 Å². The molecule has 3 amide bonds. The number of carbonyl (C=O) groups is 4. The van der Waals surface area contributed by atoms with Gasteiger partial charge in [-0.25, -0.2) is 13.2 Å². The molecule has 1 saturated heterocycles. The number of benzene rings is 3. The molecule has 1 fully saturated rings. The van der Waals surface area contributed by atoms with Crippen LogP contribution in [0.1, 0.15) is 35.2 Å². The zero-order chi connectivity index (χ0) is 29.7. The maximum atomic E-state index is 13.1. The molecular weight excluding hydrogens is 568 g/mol. The molecule has 1 aliphatic heterocycles. The van der Waals surface area contributed by atoms with Crippen LogP contribution in [0.2, 0.25) is 0 Å². The smallest absolute Gasteiger partial charge is 0.326 e. The molecule has 1 unspecified atom stereocenters. The molecule has 216 valence electrons. The Morgan fingerprint density at radius 1 is 0.951 bits per heavy atom. The number of piperidine rings is 1. The Labute approximate surface area is 242 Å². The molecule has 11 nitrogen and oxygen atoms in total. The number of sulfone groups is 1. The predicted octanol–water partition coefficient (Wildman–Crippen LogP) is 2.80. The van der Waals surface area contributed by atoms with Gasteiger partial charge in [0.15, 0.2) is 5.37 Å². The minimum absolute atomic E-state index is 0.143. The summed E-state index contributed by atoms with van der Waals surface area (Å²) in [6, 6.07) is 14.3. The predicted molar refractivity (Wildman–Crippen MR) is 157 cm³/mol. The van der Waals surface area contributed by atoms with Gasteiger partial charge in [0.1, 0.15) is 6.04 Å². The van der Waals surface area contributed by atoms with Gasteiger partial charge in [-0.3, -0.25) is 14.4 Å². The third kappa shape index (κ3) is 7.04. The Bertz CT molecular complexity index is 1600. The fraction of sp³-hybridized carbons (Fsp3) is 0.286. The van der Waals surface area contributed by atoms with E-state index < -0.39 is 38.4 Å². The second-order valence-corrected chi connectivity index (χ2v) is 12.2. The van der Waals surface area contributed by atoms with Crippen molar-refractivity contribution in [3.05, 3.63) is 71.8 Å². The van der Waals surface area contributed by atoms with Crippen LogP contribution >= 0.6 is 12.6 Å². The van der Waals surface area contributed by atoms with Crippen LogP contribution in [-0.4, -0.2) is 66.0 Å². The van der Waals surface area contributed by atoms with Crippen molar-refractivity contribution in [3.63, 3.8) is 0 Å². The third-order valence-electron chi connectivity index (χ3n) is 6.90. The molecule has 13 heteroatoms. The number of aliphatic carboxylic acids is 1. The fourth-order valence-corrected chi connectivity index (χ4v) is 6.02. The van der Waals surface area contributed by atoms with Gasteiger partial charge in [-0.2, -0.15) is 0 Å². The van der Waals surface area contributed by atoms with Gasteiger partial charge in [0.25, 0.3) is 17.1 Å². The van der Waals surface area contributed by atoms with E-state index in [1.165, 1.54) is 30.3 Å². The van der Waals surface area contributed by atoms with Crippen molar-refractivity contribution in [2.24, 2.45) is 5.73 Å². The van der Waals surface area contributed by atoms with Crippen LogP contribution in [0.3, 0.4) is 0 Å². The van der Waals surface area contributed by atoms with Gasteiger partial charge in [-0.1, -0.05) is 49.0 Å². The number of nitrogens with zero attached hydrogens (tertiary/aromatic N) is 1. The Hall–Kier alpha value is -3.94. The molecule has 1 aliphatic rings. The molecule has 3 aromatic rings. The lowest BCUT2D eigenvalue weighted by molar-refractivity contribution is -0.141. The van der Waals surface area contributed by atoms with E-state index in [0.717, 1.165) is 24.6 Å². The Morgan fingerprint density at radius 2 is 1.63 bits per heavy atom. The van der Waals surface area contributed by atoms with Gasteiger partial charge in [0.05, 0.1) is 16.1 Å². The quantitative estimate of drug-likeness (QED) is 0.234. The van der Waals surface area contributed by atoms with Crippen LogP contribution in [0.5, 0.6) is 0 Å². The number of anilines is 1. The molecule has 0 radical (unpaired) electrons. The lowest BCUT2D eigenvalue weighted by atomic mass is 10.0. The molecule has 2 atom stereocenters. The topological polar surface area (TPSA) is 176 Å². The first kappa shape index (κ1) is 30.0. The molecule has 4 rings (SSSR count). The molecule has 0 saturated carbocycles. The van der Waals surface area contributed by atoms with Crippen LogP contribution < -0.4 is 16.4 Å². The fourth-order valence-electron chi connectivity index (χ4n) is 4.71. The van der Waals surface area contributed by atoms with E-state index >= 15 is 0 Å². The molecule has 41 heavy (non-hydrogen) atoms. The summed E-state index contributed by atoms with van der Waals surface area (Å²) in [4.78, 5) is 51.2. The van der Waals surface area contributed by atoms with Crippen LogP contribution in [0, 0.1) is 0 Å². The molecule has 5 N–H and O–H groups in total. The number of likely N-dealkylation sites (tertiary alicyclic amines) is 1. The lowest BCUT2D eigenvalue weighted by Gasteiger charge is -2.27. The number of thiol groups is 1. The second kappa shape index (κ2) is 12.7. The average Bonchev–Trinajstić information content (AvgIpc) is 2.96. The molecule has 1 heterocycles. The van der Waals surface area contributed by atoms with Crippen molar-refractivity contribution in [2.45, 2.75) is 42.0 Å². The number of fused-ring (bicyclic) bond motifs is 1.